The number of ether oxygens (including phenoxy) is 1. The van der Waals surface area contributed by atoms with Crippen LogP contribution in [0.3, 0.4) is 0 Å². The maximum atomic E-state index is 12.8. The zero-order valence-corrected chi connectivity index (χ0v) is 31.3. The molecule has 13 heteroatoms. The molecule has 4 fully saturated rings. The molecule has 2 aromatic rings. The van der Waals surface area contributed by atoms with Crippen molar-refractivity contribution in [2.24, 2.45) is 11.7 Å². The third-order valence-corrected chi connectivity index (χ3v) is 12.0. The van der Waals surface area contributed by atoms with E-state index in [4.69, 9.17) is 28.9 Å². The Bertz CT molecular complexity index is 1580. The summed E-state index contributed by atoms with van der Waals surface area (Å²) in [6.45, 7) is 8.18. The highest BCUT2D eigenvalue weighted by Crippen LogP contribution is 2.44. The van der Waals surface area contributed by atoms with Crippen LogP contribution in [-0.4, -0.2) is 92.9 Å². The van der Waals surface area contributed by atoms with Crippen LogP contribution in [0.15, 0.2) is 60.4 Å². The molecule has 5 aliphatic heterocycles. The minimum atomic E-state index is -4.67. The number of nitrogens with zero attached hydrogens (tertiary/aromatic N) is 3. The van der Waals surface area contributed by atoms with Crippen molar-refractivity contribution < 1.29 is 22.7 Å². The number of piperidine rings is 3. The highest BCUT2D eigenvalue weighted by atomic mass is 35.5. The van der Waals surface area contributed by atoms with Crippen LogP contribution in [0.2, 0.25) is 10.0 Å². The summed E-state index contributed by atoms with van der Waals surface area (Å²) in [6, 6.07) is 13.5. The van der Waals surface area contributed by atoms with Crippen molar-refractivity contribution in [3.05, 3.63) is 87.1 Å². The van der Waals surface area contributed by atoms with Gasteiger partial charge in [0, 0.05) is 78.6 Å². The van der Waals surface area contributed by atoms with E-state index in [9.17, 15) is 18.0 Å². The molecule has 8 rings (SSSR count). The zero-order chi connectivity index (χ0) is 36.9. The Morgan fingerprint density at radius 1 is 1.04 bits per heavy atom. The fraction of sp³-hybridized carbons (Fsp3) is 0.564. The molecule has 4 N–H and O–H groups in total. The maximum absolute atomic E-state index is 12.8. The van der Waals surface area contributed by atoms with E-state index in [0.29, 0.717) is 18.5 Å². The smallest absolute Gasteiger partial charge is 0.406 e. The van der Waals surface area contributed by atoms with E-state index < -0.39 is 11.9 Å². The molecule has 6 aliphatic rings. The second-order valence-corrected chi connectivity index (χ2v) is 15.7. The Morgan fingerprint density at radius 3 is 2.31 bits per heavy atom. The zero-order valence-electron chi connectivity index (χ0n) is 29.8. The van der Waals surface area contributed by atoms with Crippen LogP contribution in [0.1, 0.15) is 61.1 Å². The lowest BCUT2D eigenvalue weighted by molar-refractivity contribution is -0.303. The van der Waals surface area contributed by atoms with Gasteiger partial charge >= 0.3 is 6.36 Å². The van der Waals surface area contributed by atoms with Crippen LogP contribution in [0, 0.1) is 5.92 Å². The van der Waals surface area contributed by atoms with Crippen molar-refractivity contribution in [3.8, 4) is 0 Å². The Morgan fingerprint density at radius 2 is 1.73 bits per heavy atom. The van der Waals surface area contributed by atoms with Gasteiger partial charge in [-0.2, -0.15) is 0 Å². The summed E-state index contributed by atoms with van der Waals surface area (Å²) in [6.07, 6.45) is 6.64. The normalized spacial score (nSPS) is 25.7. The average Bonchev–Trinajstić information content (AvgIpc) is 3.48. The molecule has 4 unspecified atom stereocenters. The number of aldehydes is 1. The Hall–Kier alpha value is -2.64. The van der Waals surface area contributed by atoms with Gasteiger partial charge < -0.3 is 30.8 Å². The Kier molecular flexibility index (Phi) is 12.9. The van der Waals surface area contributed by atoms with Crippen molar-refractivity contribution >= 4 is 35.2 Å². The van der Waals surface area contributed by atoms with E-state index in [-0.39, 0.29) is 17.6 Å². The highest BCUT2D eigenvalue weighted by Gasteiger charge is 2.40. The van der Waals surface area contributed by atoms with E-state index in [1.54, 1.807) is 6.08 Å². The molecule has 4 saturated heterocycles. The summed E-state index contributed by atoms with van der Waals surface area (Å²) in [5, 5.41) is 7.82. The molecule has 1 aliphatic carbocycles. The van der Waals surface area contributed by atoms with Gasteiger partial charge in [-0.1, -0.05) is 47.5 Å². The molecule has 0 saturated carbocycles. The van der Waals surface area contributed by atoms with E-state index in [2.05, 4.69) is 48.3 Å². The van der Waals surface area contributed by atoms with Gasteiger partial charge in [0.15, 0.2) is 0 Å². The van der Waals surface area contributed by atoms with Crippen molar-refractivity contribution in [2.75, 3.05) is 57.8 Å². The van der Waals surface area contributed by atoms with Crippen molar-refractivity contribution in [3.63, 3.8) is 0 Å². The van der Waals surface area contributed by atoms with Crippen LogP contribution in [0.25, 0.3) is 0 Å². The first-order chi connectivity index (χ1) is 24.9. The number of carbonyl (C=O) groups is 1. The van der Waals surface area contributed by atoms with Crippen LogP contribution in [0.5, 0.6) is 0 Å². The summed E-state index contributed by atoms with van der Waals surface area (Å²) in [5.41, 5.74) is 10.00. The number of hydrogen-bond acceptors (Lipinski definition) is 8. The minimum Gasteiger partial charge on any atom is -0.406 e. The molecule has 52 heavy (non-hydrogen) atoms. The predicted octanol–water partition coefficient (Wildman–Crippen LogP) is 6.62. The van der Waals surface area contributed by atoms with Crippen molar-refractivity contribution in [1.29, 1.82) is 0 Å². The highest BCUT2D eigenvalue weighted by molar-refractivity contribution is 6.35. The van der Waals surface area contributed by atoms with E-state index >= 15 is 0 Å². The lowest BCUT2D eigenvalue weighted by Crippen LogP contribution is -2.61. The fourth-order valence-corrected chi connectivity index (χ4v) is 8.91. The molecule has 2 bridgehead atoms. The van der Waals surface area contributed by atoms with E-state index in [0.717, 1.165) is 100 Å². The summed E-state index contributed by atoms with van der Waals surface area (Å²) in [7, 11) is 1.96. The fourth-order valence-electron chi connectivity index (χ4n) is 8.39. The second kappa shape index (κ2) is 17.2. The Labute approximate surface area is 315 Å². The summed E-state index contributed by atoms with van der Waals surface area (Å²) in [5.74, 6) is 0.228. The van der Waals surface area contributed by atoms with Crippen LogP contribution < -0.4 is 21.3 Å². The molecule has 0 spiro atoms. The van der Waals surface area contributed by atoms with Gasteiger partial charge in [-0.25, -0.2) is 0 Å². The number of anilines is 1. The lowest BCUT2D eigenvalue weighted by Gasteiger charge is -2.52. The van der Waals surface area contributed by atoms with Crippen LogP contribution in [0.4, 0.5) is 18.9 Å². The maximum Gasteiger partial charge on any atom is 0.573 e. The van der Waals surface area contributed by atoms with Gasteiger partial charge in [-0.05, 0) is 113 Å². The number of fused-ring (bicyclic) bond motifs is 4. The molecule has 0 aromatic heterocycles. The van der Waals surface area contributed by atoms with Crippen LogP contribution >= 0.6 is 23.2 Å². The van der Waals surface area contributed by atoms with Crippen molar-refractivity contribution in [2.45, 2.75) is 81.5 Å². The monoisotopic (exact) mass is 762 g/mol. The molecule has 284 valence electrons. The molecule has 0 radical (unpaired) electrons. The number of nitrogens with one attached hydrogen (secondary N) is 2. The summed E-state index contributed by atoms with van der Waals surface area (Å²) >= 11 is 13.0. The van der Waals surface area contributed by atoms with E-state index in [1.807, 2.05) is 31.3 Å². The third-order valence-electron chi connectivity index (χ3n) is 11.3. The molecular weight excluding hydrogens is 712 g/mol. The van der Waals surface area contributed by atoms with Gasteiger partial charge in [0.1, 0.15) is 12.0 Å². The van der Waals surface area contributed by atoms with Gasteiger partial charge in [0.2, 0.25) is 0 Å². The van der Waals surface area contributed by atoms with Gasteiger partial charge in [-0.15, -0.1) is 13.2 Å². The number of rotatable bonds is 11. The second-order valence-electron chi connectivity index (χ2n) is 14.9. The number of benzene rings is 2. The lowest BCUT2D eigenvalue weighted by atomic mass is 9.82. The number of allylic oxidation sites excluding steroid dienone is 3. The minimum absolute atomic E-state index is 0.118. The van der Waals surface area contributed by atoms with Crippen molar-refractivity contribution in [1.82, 2.24) is 20.4 Å². The standard InChI is InChI=1S/C33H39Cl2F3N4O.C6H12N2O/c1-39-14-3-15-40-20-28(23-7-11-26(12-8-23)43-33(36,37)38)27-16-22(6-13-32(27)40)17-41-18-25-10-9-24(41)19-42(25)21-29-30(34)4-2-5-31(29)35;7-6(5-9)1-3-8-4-2-6/h2,4-7,11-13,16,23-25,28,39H,3,8-10,14-15,17-21H2,1H3;5,8H,1-4,7H2. The van der Waals surface area contributed by atoms with Crippen LogP contribution in [-0.2, 0) is 22.6 Å². The quantitative estimate of drug-likeness (QED) is 0.174. The number of halogens is 5. The summed E-state index contributed by atoms with van der Waals surface area (Å²) < 4.78 is 42.4. The predicted molar refractivity (Wildman–Crippen MR) is 202 cm³/mol. The molecule has 0 amide bonds. The number of hydrogen-bond donors (Lipinski definition) is 3. The van der Waals surface area contributed by atoms with Gasteiger partial charge in [0.05, 0.1) is 5.54 Å². The number of alkyl halides is 3. The Balaban J connectivity index is 0.000000451. The largest absolute Gasteiger partial charge is 0.573 e. The van der Waals surface area contributed by atoms with Gasteiger partial charge in [0.25, 0.3) is 0 Å². The molecule has 8 nitrogen and oxygen atoms in total. The molecule has 2 aromatic carbocycles. The number of piperazine rings is 1. The van der Waals surface area contributed by atoms with Gasteiger partial charge in [-0.3, -0.25) is 9.80 Å². The third kappa shape index (κ3) is 9.71. The molecular formula is C39H51Cl2F3N6O2. The first-order valence-electron chi connectivity index (χ1n) is 18.5. The number of carbonyl (C=O) groups excluding carboxylic acids is 1. The topological polar surface area (TPSA) is 86.1 Å². The first-order valence-corrected chi connectivity index (χ1v) is 19.2. The van der Waals surface area contributed by atoms with E-state index in [1.165, 1.54) is 35.7 Å². The molecule has 5 heterocycles. The molecule has 4 atom stereocenters. The average molecular weight is 764 g/mol. The summed E-state index contributed by atoms with van der Waals surface area (Å²) in [4.78, 5) is 17.9. The number of nitrogens with two attached hydrogens (primary N) is 1. The first kappa shape index (κ1) is 39.1. The SMILES string of the molecule is CNCCCN1CC(C2C=CC(OC(F)(F)F)=CC2)c2cc(CN3CC4CCC3CN4Cc3c(Cl)cccc3Cl)ccc21.NC1(C=O)CCNCC1.